The molecule has 0 aliphatic rings. The van der Waals surface area contributed by atoms with E-state index < -0.39 is 0 Å². The van der Waals surface area contributed by atoms with Crippen LogP contribution >= 0.6 is 12.2 Å². The van der Waals surface area contributed by atoms with Gasteiger partial charge in [-0.05, 0) is 49.0 Å². The summed E-state index contributed by atoms with van der Waals surface area (Å²) in [5.74, 6) is -0.204. The molecule has 0 atom stereocenters. The van der Waals surface area contributed by atoms with Crippen LogP contribution in [0.3, 0.4) is 0 Å². The molecule has 1 heterocycles. The highest BCUT2D eigenvalue weighted by Crippen LogP contribution is 2.16. The molecule has 1 aromatic carbocycles. The highest BCUT2D eigenvalue weighted by Gasteiger charge is 2.09. The van der Waals surface area contributed by atoms with Crippen LogP contribution in [0, 0.1) is 0 Å². The van der Waals surface area contributed by atoms with Crippen molar-refractivity contribution >= 4 is 40.5 Å². The second-order valence-corrected chi connectivity index (χ2v) is 6.23. The van der Waals surface area contributed by atoms with Gasteiger partial charge in [-0.3, -0.25) is 9.59 Å². The van der Waals surface area contributed by atoms with Gasteiger partial charge in [-0.15, -0.1) is 0 Å². The average Bonchev–Trinajstić information content (AvgIpc) is 3.13. The van der Waals surface area contributed by atoms with E-state index in [-0.39, 0.29) is 22.7 Å². The number of anilines is 2. The van der Waals surface area contributed by atoms with Crippen molar-refractivity contribution in [1.82, 2.24) is 5.32 Å². The van der Waals surface area contributed by atoms with Gasteiger partial charge in [0.05, 0.1) is 6.26 Å². The van der Waals surface area contributed by atoms with E-state index in [9.17, 15) is 9.59 Å². The fourth-order valence-electron chi connectivity index (χ4n) is 2.34. The zero-order chi connectivity index (χ0) is 18.8. The van der Waals surface area contributed by atoms with Crippen LogP contribution in [0.1, 0.15) is 49.6 Å². The minimum atomic E-state index is -0.338. The van der Waals surface area contributed by atoms with Crippen LogP contribution in [0.15, 0.2) is 47.1 Å². The van der Waals surface area contributed by atoms with Gasteiger partial charge in [0.25, 0.3) is 5.91 Å². The highest BCUT2D eigenvalue weighted by atomic mass is 32.1. The van der Waals surface area contributed by atoms with E-state index >= 15 is 0 Å². The van der Waals surface area contributed by atoms with Gasteiger partial charge in [0, 0.05) is 17.8 Å². The number of thiocarbonyl (C=S) groups is 1. The summed E-state index contributed by atoms with van der Waals surface area (Å²) in [6, 6.07) is 10.3. The van der Waals surface area contributed by atoms with Crippen LogP contribution in [0.4, 0.5) is 11.4 Å². The third-order valence-electron chi connectivity index (χ3n) is 3.63. The zero-order valence-electron chi connectivity index (χ0n) is 14.7. The molecule has 0 radical (unpaired) electrons. The number of carbonyl (C=O) groups is 2. The second-order valence-electron chi connectivity index (χ2n) is 5.83. The molecular formula is C19H23N3O3S. The summed E-state index contributed by atoms with van der Waals surface area (Å²) >= 11 is 5.16. The Morgan fingerprint density at radius 1 is 1.04 bits per heavy atom. The number of rotatable bonds is 8. The molecule has 26 heavy (non-hydrogen) atoms. The molecular weight excluding hydrogens is 350 g/mol. The second kappa shape index (κ2) is 10.4. The molecule has 0 bridgehead atoms. The lowest BCUT2D eigenvalue weighted by atomic mass is 10.1. The Bertz CT molecular complexity index is 744. The average molecular weight is 373 g/mol. The van der Waals surface area contributed by atoms with Crippen molar-refractivity contribution in [3.8, 4) is 0 Å². The third kappa shape index (κ3) is 6.68. The molecule has 6 nitrogen and oxygen atoms in total. The Hall–Kier alpha value is -2.67. The van der Waals surface area contributed by atoms with Crippen molar-refractivity contribution in [2.45, 2.75) is 39.0 Å². The first-order valence-corrected chi connectivity index (χ1v) is 9.05. The molecule has 1 aromatic heterocycles. The van der Waals surface area contributed by atoms with Crippen molar-refractivity contribution < 1.29 is 14.0 Å². The largest absolute Gasteiger partial charge is 0.459 e. The van der Waals surface area contributed by atoms with Crippen molar-refractivity contribution in [1.29, 1.82) is 0 Å². The van der Waals surface area contributed by atoms with Crippen molar-refractivity contribution in [3.63, 3.8) is 0 Å². The lowest BCUT2D eigenvalue weighted by Crippen LogP contribution is -2.33. The molecule has 7 heteroatoms. The third-order valence-corrected chi connectivity index (χ3v) is 3.84. The zero-order valence-corrected chi connectivity index (χ0v) is 15.5. The Kier molecular flexibility index (Phi) is 7.82. The fourth-order valence-corrected chi connectivity index (χ4v) is 2.57. The molecule has 0 spiro atoms. The first-order valence-electron chi connectivity index (χ1n) is 8.64. The van der Waals surface area contributed by atoms with E-state index in [2.05, 4.69) is 22.9 Å². The molecule has 138 valence electrons. The molecule has 2 rings (SSSR count). The maximum atomic E-state index is 12.0. The molecule has 2 aromatic rings. The lowest BCUT2D eigenvalue weighted by molar-refractivity contribution is -0.119. The van der Waals surface area contributed by atoms with Crippen molar-refractivity contribution in [3.05, 3.63) is 48.4 Å². The van der Waals surface area contributed by atoms with Crippen LogP contribution < -0.4 is 16.0 Å². The minimum Gasteiger partial charge on any atom is -0.459 e. The Morgan fingerprint density at radius 2 is 1.81 bits per heavy atom. The van der Waals surface area contributed by atoms with E-state index in [1.807, 2.05) is 0 Å². The highest BCUT2D eigenvalue weighted by molar-refractivity contribution is 7.80. The number of nitrogens with one attached hydrogen (secondary N) is 3. The summed E-state index contributed by atoms with van der Waals surface area (Å²) in [4.78, 5) is 23.8. The number of unbranched alkanes of at least 4 members (excludes halogenated alkanes) is 3. The Morgan fingerprint density at radius 3 is 2.50 bits per heavy atom. The van der Waals surface area contributed by atoms with Crippen LogP contribution in [-0.2, 0) is 4.79 Å². The van der Waals surface area contributed by atoms with E-state index in [4.69, 9.17) is 16.6 Å². The molecule has 2 amide bonds. The monoisotopic (exact) mass is 373 g/mol. The van der Waals surface area contributed by atoms with Crippen LogP contribution in [-0.4, -0.2) is 16.9 Å². The van der Waals surface area contributed by atoms with E-state index in [0.717, 1.165) is 25.7 Å². The van der Waals surface area contributed by atoms with Gasteiger partial charge in [0.2, 0.25) is 5.91 Å². The van der Waals surface area contributed by atoms with Gasteiger partial charge >= 0.3 is 0 Å². The Balaban J connectivity index is 1.82. The predicted molar refractivity (Wildman–Crippen MR) is 106 cm³/mol. The van der Waals surface area contributed by atoms with Crippen LogP contribution in [0.25, 0.3) is 0 Å². The van der Waals surface area contributed by atoms with Gasteiger partial charge in [0.15, 0.2) is 10.9 Å². The normalized spacial score (nSPS) is 10.2. The molecule has 0 unspecified atom stereocenters. The minimum absolute atomic E-state index is 0.0964. The number of hydrogen-bond donors (Lipinski definition) is 3. The molecule has 0 saturated carbocycles. The maximum Gasteiger partial charge on any atom is 0.291 e. The molecule has 0 fully saturated rings. The van der Waals surface area contributed by atoms with E-state index in [1.54, 1.807) is 36.4 Å². The number of furan rings is 1. The maximum absolute atomic E-state index is 12.0. The van der Waals surface area contributed by atoms with Gasteiger partial charge in [-0.1, -0.05) is 32.3 Å². The Labute approximate surface area is 158 Å². The number of amides is 2. The molecule has 3 N–H and O–H groups in total. The predicted octanol–water partition coefficient (Wildman–Crippen LogP) is 4.32. The molecule has 0 aliphatic carbocycles. The van der Waals surface area contributed by atoms with Crippen molar-refractivity contribution in [2.24, 2.45) is 0 Å². The molecule has 0 aliphatic heterocycles. The first kappa shape index (κ1) is 19.7. The smallest absolute Gasteiger partial charge is 0.291 e. The number of benzene rings is 1. The van der Waals surface area contributed by atoms with Crippen LogP contribution in [0.5, 0.6) is 0 Å². The lowest BCUT2D eigenvalue weighted by Gasteiger charge is -2.11. The summed E-state index contributed by atoms with van der Waals surface area (Å²) in [5, 5.41) is 8.59. The number of hydrogen-bond acceptors (Lipinski definition) is 4. The van der Waals surface area contributed by atoms with E-state index in [0.29, 0.717) is 17.8 Å². The van der Waals surface area contributed by atoms with E-state index in [1.165, 1.54) is 6.26 Å². The summed E-state index contributed by atoms with van der Waals surface area (Å²) in [6.45, 7) is 2.13. The summed E-state index contributed by atoms with van der Waals surface area (Å²) < 4.78 is 5.06. The SMILES string of the molecule is CCCCCCC(=O)NC(=S)Nc1cccc(NC(=O)c2ccco2)c1. The number of carbonyl (C=O) groups excluding carboxylic acids is 2. The van der Waals surface area contributed by atoms with Gasteiger partial charge in [0.1, 0.15) is 0 Å². The summed E-state index contributed by atoms with van der Waals surface area (Å²) in [6.07, 6.45) is 6.07. The topological polar surface area (TPSA) is 83.4 Å². The van der Waals surface area contributed by atoms with Gasteiger partial charge < -0.3 is 20.4 Å². The quantitative estimate of drug-likeness (QED) is 0.474. The summed E-state index contributed by atoms with van der Waals surface area (Å²) in [7, 11) is 0. The van der Waals surface area contributed by atoms with Crippen molar-refractivity contribution in [2.75, 3.05) is 10.6 Å². The fraction of sp³-hybridized carbons (Fsp3) is 0.316. The summed E-state index contributed by atoms with van der Waals surface area (Å²) in [5.41, 5.74) is 1.25. The first-order chi connectivity index (χ1) is 12.6. The standard InChI is InChI=1S/C19H23N3O3S/c1-2-3-4-5-11-17(23)22-19(26)21-15-9-6-8-14(13-15)20-18(24)16-10-7-12-25-16/h6-10,12-13H,2-5,11H2,1H3,(H,20,24)(H2,21,22,23,26). The molecule has 0 saturated heterocycles. The van der Waals surface area contributed by atoms with Gasteiger partial charge in [-0.2, -0.15) is 0 Å². The van der Waals surface area contributed by atoms with Gasteiger partial charge in [-0.25, -0.2) is 0 Å². The van der Waals surface area contributed by atoms with Crippen LogP contribution in [0.2, 0.25) is 0 Å².